The summed E-state index contributed by atoms with van der Waals surface area (Å²) in [4.78, 5) is 25.7. The van der Waals surface area contributed by atoms with Crippen LogP contribution in [-0.4, -0.2) is 37.1 Å². The van der Waals surface area contributed by atoms with Crippen LogP contribution in [0, 0.1) is 19.7 Å². The molecule has 35 heavy (non-hydrogen) atoms. The highest BCUT2D eigenvalue weighted by atomic mass is 19.1. The molecule has 0 atom stereocenters. The molecule has 1 aliphatic rings. The average Bonchev–Trinajstić information content (AvgIpc) is 3.25. The van der Waals surface area contributed by atoms with Crippen LogP contribution >= 0.6 is 0 Å². The summed E-state index contributed by atoms with van der Waals surface area (Å²) in [5.41, 5.74) is 5.46. The number of pyridine rings is 2. The molecule has 1 aliphatic carbocycles. The number of halogens is 1. The van der Waals surface area contributed by atoms with Crippen molar-refractivity contribution in [3.8, 4) is 28.5 Å². The number of nitrogens with zero attached hydrogens (tertiary/aromatic N) is 3. The van der Waals surface area contributed by atoms with Gasteiger partial charge in [-0.05, 0) is 75.4 Å². The van der Waals surface area contributed by atoms with Gasteiger partial charge in [0.05, 0.1) is 11.2 Å². The van der Waals surface area contributed by atoms with Gasteiger partial charge in [-0.3, -0.25) is 9.78 Å². The van der Waals surface area contributed by atoms with E-state index in [0.29, 0.717) is 22.7 Å². The highest BCUT2D eigenvalue weighted by molar-refractivity contribution is 5.80. The lowest BCUT2D eigenvalue weighted by Gasteiger charge is -2.23. The molecular formula is C27H29FN4O3. The second-order valence-corrected chi connectivity index (χ2v) is 8.90. The Morgan fingerprint density at radius 3 is 2.43 bits per heavy atom. The smallest absolute Gasteiger partial charge is 0.300 e. The minimum atomic E-state index is -0.833. The lowest BCUT2D eigenvalue weighted by atomic mass is 9.98. The summed E-state index contributed by atoms with van der Waals surface area (Å²) in [5, 5.41) is 7.42. The van der Waals surface area contributed by atoms with Gasteiger partial charge in [-0.15, -0.1) is 0 Å². The topological polar surface area (TPSA) is 101 Å². The molecular weight excluding hydrogens is 447 g/mol. The molecule has 0 bridgehead atoms. The van der Waals surface area contributed by atoms with E-state index in [1.54, 1.807) is 6.20 Å². The number of aliphatic carboxylic acids is 1. The van der Waals surface area contributed by atoms with Gasteiger partial charge in [0.15, 0.2) is 5.82 Å². The van der Waals surface area contributed by atoms with Gasteiger partial charge < -0.3 is 14.8 Å². The van der Waals surface area contributed by atoms with E-state index < -0.39 is 5.97 Å². The third-order valence-corrected chi connectivity index (χ3v) is 5.88. The number of aromatic amines is 1. The number of aryl methyl sites for hydroxylation is 2. The molecule has 5 rings (SSSR count). The number of rotatable bonds is 4. The number of benzene rings is 1. The number of carboxylic acid groups (broad SMARTS) is 1. The van der Waals surface area contributed by atoms with Crippen molar-refractivity contribution in [3.63, 3.8) is 0 Å². The van der Waals surface area contributed by atoms with Gasteiger partial charge in [-0.25, -0.2) is 14.4 Å². The first-order valence-electron chi connectivity index (χ1n) is 11.8. The Balaban J connectivity index is 0.000000672. The molecule has 4 aromatic rings. The number of fused-ring (bicyclic) bond motifs is 1. The van der Waals surface area contributed by atoms with Crippen molar-refractivity contribution < 1.29 is 19.0 Å². The van der Waals surface area contributed by atoms with Gasteiger partial charge in [0.25, 0.3) is 5.97 Å². The maximum absolute atomic E-state index is 14.2. The number of carboxylic acids is 1. The van der Waals surface area contributed by atoms with E-state index in [1.165, 1.54) is 25.3 Å². The zero-order chi connectivity index (χ0) is 24.9. The van der Waals surface area contributed by atoms with Crippen LogP contribution in [0.5, 0.6) is 5.88 Å². The Morgan fingerprint density at radius 2 is 1.77 bits per heavy atom. The van der Waals surface area contributed by atoms with Crippen LogP contribution in [0.4, 0.5) is 4.39 Å². The van der Waals surface area contributed by atoms with Gasteiger partial charge in [0.2, 0.25) is 5.88 Å². The van der Waals surface area contributed by atoms with E-state index in [0.717, 1.165) is 47.7 Å². The Kier molecular flexibility index (Phi) is 7.39. The van der Waals surface area contributed by atoms with Crippen LogP contribution in [0.2, 0.25) is 0 Å². The van der Waals surface area contributed by atoms with E-state index in [-0.39, 0.29) is 11.9 Å². The van der Waals surface area contributed by atoms with Crippen molar-refractivity contribution in [3.05, 3.63) is 59.7 Å². The van der Waals surface area contributed by atoms with Crippen LogP contribution in [-0.2, 0) is 4.79 Å². The summed E-state index contributed by atoms with van der Waals surface area (Å²) in [7, 11) is 0. The number of carbonyl (C=O) groups is 1. The summed E-state index contributed by atoms with van der Waals surface area (Å²) in [6.45, 7) is 4.97. The number of hydrogen-bond donors (Lipinski definition) is 2. The summed E-state index contributed by atoms with van der Waals surface area (Å²) < 4.78 is 20.3. The molecule has 3 heterocycles. The van der Waals surface area contributed by atoms with Crippen molar-refractivity contribution in [1.82, 2.24) is 19.9 Å². The number of aromatic nitrogens is 4. The molecule has 2 N–H and O–H groups in total. The lowest BCUT2D eigenvalue weighted by molar-refractivity contribution is -0.134. The molecule has 0 radical (unpaired) electrons. The molecule has 1 aromatic carbocycles. The fourth-order valence-electron chi connectivity index (χ4n) is 4.22. The Labute approximate surface area is 203 Å². The molecule has 1 saturated carbocycles. The van der Waals surface area contributed by atoms with Crippen molar-refractivity contribution in [1.29, 1.82) is 0 Å². The van der Waals surface area contributed by atoms with Gasteiger partial charge in [0, 0.05) is 36.0 Å². The molecule has 3 aromatic heterocycles. The molecule has 8 heteroatoms. The maximum atomic E-state index is 14.2. The molecule has 1 fully saturated rings. The number of nitrogens with one attached hydrogen (secondary N) is 1. The number of H-pyrrole nitrogens is 1. The van der Waals surface area contributed by atoms with E-state index in [9.17, 15) is 4.39 Å². The molecule has 0 aliphatic heterocycles. The average molecular weight is 477 g/mol. The molecule has 7 nitrogen and oxygen atoms in total. The minimum absolute atomic E-state index is 0.278. The van der Waals surface area contributed by atoms with Crippen molar-refractivity contribution in [2.45, 2.75) is 59.0 Å². The standard InChI is InChI=1S/C25H25FN4O.C2H4O2/c1-15-10-20(26)23-22(11-15)29-24(30-23)17-8-9-21(27-13-17)18-12-16(2)25(28-14-18)31-19-6-4-3-5-7-19;1-2(3)4/h8-14,19H,3-7H2,1-2H3,(H,29,30);1H3,(H,3,4). The van der Waals surface area contributed by atoms with Crippen molar-refractivity contribution in [2.24, 2.45) is 0 Å². The van der Waals surface area contributed by atoms with E-state index in [4.69, 9.17) is 14.6 Å². The van der Waals surface area contributed by atoms with Crippen LogP contribution in [0.15, 0.2) is 42.7 Å². The van der Waals surface area contributed by atoms with Gasteiger partial charge in [-0.1, -0.05) is 6.42 Å². The Hall–Kier alpha value is -3.81. The number of hydrogen-bond acceptors (Lipinski definition) is 5. The first-order valence-corrected chi connectivity index (χ1v) is 11.8. The van der Waals surface area contributed by atoms with Crippen molar-refractivity contribution >= 4 is 17.0 Å². The van der Waals surface area contributed by atoms with Crippen molar-refractivity contribution in [2.75, 3.05) is 0 Å². The fraction of sp³-hybridized carbons (Fsp3) is 0.333. The predicted molar refractivity (Wildman–Crippen MR) is 133 cm³/mol. The van der Waals surface area contributed by atoms with E-state index in [1.807, 2.05) is 38.2 Å². The van der Waals surface area contributed by atoms with Crippen LogP contribution in [0.3, 0.4) is 0 Å². The number of ether oxygens (including phenoxy) is 1. The third kappa shape index (κ3) is 6.01. The van der Waals surface area contributed by atoms with Crippen LogP contribution in [0.25, 0.3) is 33.7 Å². The summed E-state index contributed by atoms with van der Waals surface area (Å²) >= 11 is 0. The zero-order valence-electron chi connectivity index (χ0n) is 20.1. The molecule has 0 saturated heterocycles. The maximum Gasteiger partial charge on any atom is 0.300 e. The second kappa shape index (κ2) is 10.6. The second-order valence-electron chi connectivity index (χ2n) is 8.90. The summed E-state index contributed by atoms with van der Waals surface area (Å²) in [5.74, 6) is 0.162. The highest BCUT2D eigenvalue weighted by Crippen LogP contribution is 2.28. The molecule has 0 unspecified atom stereocenters. The van der Waals surface area contributed by atoms with Gasteiger partial charge >= 0.3 is 0 Å². The van der Waals surface area contributed by atoms with E-state index >= 15 is 0 Å². The summed E-state index contributed by atoms with van der Waals surface area (Å²) in [6.07, 6.45) is 9.82. The molecule has 182 valence electrons. The van der Waals surface area contributed by atoms with Crippen LogP contribution in [0.1, 0.15) is 50.2 Å². The SMILES string of the molecule is CC(=O)O.Cc1cc(F)c2nc(-c3ccc(-c4cnc(OC5CCCCC5)c(C)c4)nc3)[nH]c2c1. The lowest BCUT2D eigenvalue weighted by Crippen LogP contribution is -2.20. The number of imidazole rings is 1. The largest absolute Gasteiger partial charge is 0.481 e. The third-order valence-electron chi connectivity index (χ3n) is 5.88. The molecule has 0 amide bonds. The first kappa shape index (κ1) is 24.3. The fourth-order valence-corrected chi connectivity index (χ4v) is 4.22. The Bertz CT molecular complexity index is 1320. The predicted octanol–water partition coefficient (Wildman–Crippen LogP) is 6.25. The van der Waals surface area contributed by atoms with E-state index in [2.05, 4.69) is 26.0 Å². The first-order chi connectivity index (χ1) is 16.8. The normalized spacial score (nSPS) is 13.8. The molecule has 0 spiro atoms. The quantitative estimate of drug-likeness (QED) is 0.361. The Morgan fingerprint density at radius 1 is 1.06 bits per heavy atom. The zero-order valence-corrected chi connectivity index (χ0v) is 20.1. The highest BCUT2D eigenvalue weighted by Gasteiger charge is 2.17. The van der Waals surface area contributed by atoms with Crippen LogP contribution < -0.4 is 4.74 Å². The van der Waals surface area contributed by atoms with Gasteiger partial charge in [-0.2, -0.15) is 0 Å². The van der Waals surface area contributed by atoms with Gasteiger partial charge in [0.1, 0.15) is 17.4 Å². The monoisotopic (exact) mass is 476 g/mol. The summed E-state index contributed by atoms with van der Waals surface area (Å²) in [6, 6.07) is 9.31. The minimum Gasteiger partial charge on any atom is -0.481 e.